The fourth-order valence-electron chi connectivity index (χ4n) is 2.74. The standard InChI is InChI=1S/C18H17ClN4O5/c19-12-5-6-15-16(11-12)28-18(25)22(15)10-7-17(24)21-9-8-20-13-3-1-2-4-14(13)23(26)27/h1-6,11,20H,7-10H2,(H,21,24). The molecule has 0 unspecified atom stereocenters. The number of oxazole rings is 1. The molecule has 0 radical (unpaired) electrons. The van der Waals surface area contributed by atoms with Crippen LogP contribution in [0.1, 0.15) is 6.42 Å². The molecule has 28 heavy (non-hydrogen) atoms. The van der Waals surface area contributed by atoms with E-state index in [0.717, 1.165) is 0 Å². The number of amides is 1. The zero-order valence-electron chi connectivity index (χ0n) is 14.7. The second kappa shape index (κ2) is 8.57. The van der Waals surface area contributed by atoms with Crippen molar-refractivity contribution in [2.75, 3.05) is 18.4 Å². The third kappa shape index (κ3) is 4.49. The maximum Gasteiger partial charge on any atom is 0.419 e. The summed E-state index contributed by atoms with van der Waals surface area (Å²) in [6, 6.07) is 11.1. The molecule has 0 bridgehead atoms. The first kappa shape index (κ1) is 19.4. The molecule has 0 aliphatic carbocycles. The molecule has 0 saturated heterocycles. The third-order valence-electron chi connectivity index (χ3n) is 4.06. The number of nitrogens with zero attached hydrogens (tertiary/aromatic N) is 2. The van der Waals surface area contributed by atoms with Crippen LogP contribution in [0.5, 0.6) is 0 Å². The lowest BCUT2D eigenvalue weighted by atomic mass is 10.2. The van der Waals surface area contributed by atoms with Gasteiger partial charge < -0.3 is 15.1 Å². The number of para-hydroxylation sites is 2. The van der Waals surface area contributed by atoms with Crippen molar-refractivity contribution in [3.05, 3.63) is 68.2 Å². The van der Waals surface area contributed by atoms with Crippen LogP contribution in [0.3, 0.4) is 0 Å². The number of nitro groups is 1. The van der Waals surface area contributed by atoms with Gasteiger partial charge in [-0.3, -0.25) is 19.5 Å². The number of nitrogens with one attached hydrogen (secondary N) is 2. The number of fused-ring (bicyclic) bond motifs is 1. The number of carbonyl (C=O) groups excluding carboxylic acids is 1. The Kier molecular flexibility index (Phi) is 5.95. The molecule has 2 N–H and O–H groups in total. The molecule has 0 atom stereocenters. The van der Waals surface area contributed by atoms with Crippen LogP contribution < -0.4 is 16.4 Å². The highest BCUT2D eigenvalue weighted by atomic mass is 35.5. The van der Waals surface area contributed by atoms with Gasteiger partial charge in [-0.25, -0.2) is 4.79 Å². The lowest BCUT2D eigenvalue weighted by Crippen LogP contribution is -2.30. The van der Waals surface area contributed by atoms with Crippen molar-refractivity contribution in [1.82, 2.24) is 9.88 Å². The summed E-state index contributed by atoms with van der Waals surface area (Å²) in [6.45, 7) is 0.766. The van der Waals surface area contributed by atoms with Gasteiger partial charge >= 0.3 is 5.76 Å². The Morgan fingerprint density at radius 1 is 1.21 bits per heavy atom. The molecule has 9 nitrogen and oxygen atoms in total. The van der Waals surface area contributed by atoms with Crippen molar-refractivity contribution >= 4 is 40.0 Å². The predicted molar refractivity (Wildman–Crippen MR) is 105 cm³/mol. The van der Waals surface area contributed by atoms with Crippen LogP contribution in [-0.4, -0.2) is 28.5 Å². The first-order valence-corrected chi connectivity index (χ1v) is 8.86. The predicted octanol–water partition coefficient (Wildman–Crippen LogP) is 2.77. The summed E-state index contributed by atoms with van der Waals surface area (Å²) in [7, 11) is 0. The highest BCUT2D eigenvalue weighted by Gasteiger charge is 2.13. The van der Waals surface area contributed by atoms with Gasteiger partial charge in [0.05, 0.1) is 10.4 Å². The van der Waals surface area contributed by atoms with E-state index in [1.54, 1.807) is 36.4 Å². The molecule has 3 aromatic rings. The number of hydrogen-bond donors (Lipinski definition) is 2. The van der Waals surface area contributed by atoms with Gasteiger partial charge in [0.2, 0.25) is 5.91 Å². The lowest BCUT2D eigenvalue weighted by Gasteiger charge is -2.08. The smallest absolute Gasteiger partial charge is 0.408 e. The Bertz CT molecular complexity index is 1080. The van der Waals surface area contributed by atoms with Gasteiger partial charge in [-0.05, 0) is 18.2 Å². The molecular weight excluding hydrogens is 388 g/mol. The number of aryl methyl sites for hydroxylation is 1. The minimum absolute atomic E-state index is 0.0276. The molecule has 0 spiro atoms. The van der Waals surface area contributed by atoms with E-state index in [9.17, 15) is 19.7 Å². The molecule has 3 rings (SSSR count). The first-order valence-electron chi connectivity index (χ1n) is 8.48. The zero-order valence-corrected chi connectivity index (χ0v) is 15.4. The van der Waals surface area contributed by atoms with Gasteiger partial charge in [0.1, 0.15) is 5.69 Å². The topological polar surface area (TPSA) is 119 Å². The third-order valence-corrected chi connectivity index (χ3v) is 4.29. The highest BCUT2D eigenvalue weighted by molar-refractivity contribution is 6.31. The van der Waals surface area contributed by atoms with Crippen LogP contribution in [0.25, 0.3) is 11.1 Å². The van der Waals surface area contributed by atoms with E-state index in [2.05, 4.69) is 10.6 Å². The summed E-state index contributed by atoms with van der Waals surface area (Å²) >= 11 is 5.87. The molecule has 1 heterocycles. The van der Waals surface area contributed by atoms with Crippen LogP contribution in [0.4, 0.5) is 11.4 Å². The van der Waals surface area contributed by atoms with Gasteiger partial charge in [-0.1, -0.05) is 23.7 Å². The lowest BCUT2D eigenvalue weighted by molar-refractivity contribution is -0.384. The Morgan fingerprint density at radius 2 is 2.00 bits per heavy atom. The molecule has 1 amide bonds. The molecule has 1 aromatic heterocycles. The first-order chi connectivity index (χ1) is 13.5. The molecule has 0 aliphatic rings. The molecule has 2 aromatic carbocycles. The van der Waals surface area contributed by atoms with Crippen LogP contribution in [0.15, 0.2) is 51.7 Å². The number of hydrogen-bond acceptors (Lipinski definition) is 6. The second-order valence-corrected chi connectivity index (χ2v) is 6.37. The summed E-state index contributed by atoms with van der Waals surface area (Å²) in [5, 5.41) is 17.0. The number of rotatable bonds is 8. The van der Waals surface area contributed by atoms with E-state index in [1.807, 2.05) is 0 Å². The maximum absolute atomic E-state index is 12.0. The number of aromatic nitrogens is 1. The van der Waals surface area contributed by atoms with E-state index in [4.69, 9.17) is 16.0 Å². The van der Waals surface area contributed by atoms with Gasteiger partial charge in [-0.15, -0.1) is 0 Å². The van der Waals surface area contributed by atoms with Crippen LogP contribution in [0, 0.1) is 10.1 Å². The molecular formula is C18H17ClN4O5. The zero-order chi connectivity index (χ0) is 20.1. The van der Waals surface area contributed by atoms with Gasteiger partial charge in [0.15, 0.2) is 5.58 Å². The normalized spacial score (nSPS) is 10.8. The van der Waals surface area contributed by atoms with Crippen molar-refractivity contribution in [1.29, 1.82) is 0 Å². The Balaban J connectivity index is 1.49. The number of halogens is 1. The summed E-state index contributed by atoms with van der Waals surface area (Å²) < 4.78 is 6.49. The Morgan fingerprint density at radius 3 is 2.79 bits per heavy atom. The average molecular weight is 405 g/mol. The minimum Gasteiger partial charge on any atom is -0.408 e. The molecule has 10 heteroatoms. The average Bonchev–Trinajstić information content (AvgIpc) is 2.97. The summed E-state index contributed by atoms with van der Waals surface area (Å²) in [6.07, 6.45) is 0.0860. The fraction of sp³-hybridized carbons (Fsp3) is 0.222. The molecule has 0 fully saturated rings. The van der Waals surface area contributed by atoms with Crippen LogP contribution in [0.2, 0.25) is 5.02 Å². The van der Waals surface area contributed by atoms with Crippen molar-refractivity contribution in [2.24, 2.45) is 0 Å². The van der Waals surface area contributed by atoms with Crippen LogP contribution >= 0.6 is 11.6 Å². The van der Waals surface area contributed by atoms with Crippen molar-refractivity contribution in [3.8, 4) is 0 Å². The Labute approximate surface area is 164 Å². The summed E-state index contributed by atoms with van der Waals surface area (Å²) in [5.41, 5.74) is 1.30. The van der Waals surface area contributed by atoms with Gasteiger partial charge in [-0.2, -0.15) is 0 Å². The SMILES string of the molecule is O=C(CCn1c(=O)oc2cc(Cl)ccc21)NCCNc1ccccc1[N+](=O)[O-]. The maximum atomic E-state index is 12.0. The van der Waals surface area contributed by atoms with E-state index in [0.29, 0.717) is 28.4 Å². The number of benzene rings is 2. The number of carbonyl (C=O) groups is 1. The van der Waals surface area contributed by atoms with Gasteiger partial charge in [0.25, 0.3) is 5.69 Å². The minimum atomic E-state index is -0.553. The van der Waals surface area contributed by atoms with Crippen molar-refractivity contribution in [3.63, 3.8) is 0 Å². The largest absolute Gasteiger partial charge is 0.419 e. The van der Waals surface area contributed by atoms with E-state index in [-0.39, 0.29) is 31.1 Å². The quantitative estimate of drug-likeness (QED) is 0.338. The molecule has 0 aliphatic heterocycles. The summed E-state index contributed by atoms with van der Waals surface area (Å²) in [5.74, 6) is -0.803. The van der Waals surface area contributed by atoms with Crippen molar-refractivity contribution in [2.45, 2.75) is 13.0 Å². The number of anilines is 1. The highest BCUT2D eigenvalue weighted by Crippen LogP contribution is 2.22. The van der Waals surface area contributed by atoms with E-state index < -0.39 is 10.7 Å². The molecule has 146 valence electrons. The van der Waals surface area contributed by atoms with Crippen molar-refractivity contribution < 1.29 is 14.1 Å². The van der Waals surface area contributed by atoms with E-state index >= 15 is 0 Å². The Hall–Kier alpha value is -3.33. The summed E-state index contributed by atoms with van der Waals surface area (Å²) in [4.78, 5) is 34.4. The van der Waals surface area contributed by atoms with Crippen LogP contribution in [-0.2, 0) is 11.3 Å². The molecule has 0 saturated carbocycles. The monoisotopic (exact) mass is 404 g/mol. The second-order valence-electron chi connectivity index (χ2n) is 5.93. The van der Waals surface area contributed by atoms with E-state index in [1.165, 1.54) is 10.6 Å². The van der Waals surface area contributed by atoms with Gasteiger partial charge in [0, 0.05) is 43.2 Å². The fourth-order valence-corrected chi connectivity index (χ4v) is 2.90. The number of nitro benzene ring substituents is 1.